The molecule has 0 aliphatic rings. The van der Waals surface area contributed by atoms with E-state index in [4.69, 9.17) is 10.2 Å². The first kappa shape index (κ1) is 15.7. The van der Waals surface area contributed by atoms with Gasteiger partial charge in [-0.3, -0.25) is 4.90 Å². The molecule has 106 valence electrons. The Kier molecular flexibility index (Phi) is 6.61. The van der Waals surface area contributed by atoms with Crippen molar-refractivity contribution in [2.45, 2.75) is 13.0 Å². The summed E-state index contributed by atoms with van der Waals surface area (Å²) in [5, 5.41) is 19.1. The molecule has 0 aliphatic heterocycles. The molecular weight excluding hydrogens is 276 g/mol. The van der Waals surface area contributed by atoms with E-state index in [-0.39, 0.29) is 13.2 Å². The number of aliphatic carboxylic acids is 1. The number of aliphatic hydroxyl groups is 1. The van der Waals surface area contributed by atoms with Crippen LogP contribution in [0.4, 0.5) is 8.78 Å². The first-order valence-corrected chi connectivity index (χ1v) is 6.49. The number of alkyl halides is 2. The molecule has 0 radical (unpaired) electrons. The van der Waals surface area contributed by atoms with E-state index in [1.165, 1.54) is 22.3 Å². The number of rotatable bonds is 8. The average molecular weight is 291 g/mol. The zero-order valence-corrected chi connectivity index (χ0v) is 10.9. The molecule has 0 spiro atoms. The molecule has 0 atom stereocenters. The number of aliphatic hydroxyl groups excluding tert-OH is 1. The molecule has 7 heteroatoms. The van der Waals surface area contributed by atoms with E-state index in [1.807, 2.05) is 0 Å². The van der Waals surface area contributed by atoms with Gasteiger partial charge in [0.05, 0.1) is 13.2 Å². The van der Waals surface area contributed by atoms with Crippen molar-refractivity contribution in [2.75, 3.05) is 19.7 Å². The number of thiophene rings is 1. The number of hydrogen-bond acceptors (Lipinski definition) is 4. The third-order valence-corrected chi connectivity index (χ3v) is 3.22. The quantitative estimate of drug-likeness (QED) is 0.718. The van der Waals surface area contributed by atoms with Crippen LogP contribution in [0.2, 0.25) is 0 Å². The second-order valence-electron chi connectivity index (χ2n) is 3.87. The molecule has 1 aromatic heterocycles. The van der Waals surface area contributed by atoms with Crippen molar-refractivity contribution in [3.63, 3.8) is 0 Å². The minimum atomic E-state index is -2.45. The summed E-state index contributed by atoms with van der Waals surface area (Å²) in [5.41, 5.74) is 0.725. The molecule has 4 nitrogen and oxygen atoms in total. The highest BCUT2D eigenvalue weighted by molar-refractivity contribution is 7.10. The van der Waals surface area contributed by atoms with Crippen LogP contribution in [0, 0.1) is 0 Å². The van der Waals surface area contributed by atoms with E-state index < -0.39 is 18.9 Å². The Morgan fingerprint density at radius 2 is 2.26 bits per heavy atom. The Morgan fingerprint density at radius 1 is 1.53 bits per heavy atom. The fourth-order valence-electron chi connectivity index (χ4n) is 1.53. The number of nitrogens with zero attached hydrogens (tertiary/aromatic N) is 1. The van der Waals surface area contributed by atoms with Gasteiger partial charge in [-0.1, -0.05) is 0 Å². The Balaban J connectivity index is 2.61. The SMILES string of the molecule is O=C(O)/C=C/c1csc(CN(CCO)CC(F)F)c1. The summed E-state index contributed by atoms with van der Waals surface area (Å²) in [4.78, 5) is 12.7. The largest absolute Gasteiger partial charge is 0.478 e. The fourth-order valence-corrected chi connectivity index (χ4v) is 2.42. The van der Waals surface area contributed by atoms with Crippen LogP contribution in [0.5, 0.6) is 0 Å². The van der Waals surface area contributed by atoms with E-state index in [0.717, 1.165) is 16.5 Å². The molecular formula is C12H15F2NO3S. The fraction of sp³-hybridized carbons (Fsp3) is 0.417. The van der Waals surface area contributed by atoms with E-state index in [9.17, 15) is 13.6 Å². The van der Waals surface area contributed by atoms with Gasteiger partial charge in [-0.25, -0.2) is 13.6 Å². The van der Waals surface area contributed by atoms with E-state index >= 15 is 0 Å². The van der Waals surface area contributed by atoms with Gasteiger partial charge in [0.1, 0.15) is 0 Å². The lowest BCUT2D eigenvalue weighted by atomic mass is 10.2. The van der Waals surface area contributed by atoms with E-state index in [2.05, 4.69) is 0 Å². The van der Waals surface area contributed by atoms with Gasteiger partial charge in [0.25, 0.3) is 6.43 Å². The molecule has 0 amide bonds. The van der Waals surface area contributed by atoms with Crippen molar-refractivity contribution >= 4 is 23.4 Å². The van der Waals surface area contributed by atoms with Crippen LogP contribution in [-0.2, 0) is 11.3 Å². The zero-order valence-electron chi connectivity index (χ0n) is 10.1. The van der Waals surface area contributed by atoms with Gasteiger partial charge in [0.2, 0.25) is 0 Å². The van der Waals surface area contributed by atoms with Crippen molar-refractivity contribution in [1.29, 1.82) is 0 Å². The molecule has 19 heavy (non-hydrogen) atoms. The Bertz CT molecular complexity index is 434. The molecule has 0 fully saturated rings. The van der Waals surface area contributed by atoms with Crippen LogP contribution in [0.25, 0.3) is 6.08 Å². The minimum Gasteiger partial charge on any atom is -0.478 e. The summed E-state index contributed by atoms with van der Waals surface area (Å²) in [6.07, 6.45) is 0.0281. The second kappa shape index (κ2) is 7.98. The summed E-state index contributed by atoms with van der Waals surface area (Å²) in [6, 6.07) is 1.75. The molecule has 1 rings (SSSR count). The second-order valence-corrected chi connectivity index (χ2v) is 4.86. The number of carboxylic acids is 1. The zero-order chi connectivity index (χ0) is 14.3. The van der Waals surface area contributed by atoms with Gasteiger partial charge in [0, 0.05) is 24.0 Å². The first-order chi connectivity index (χ1) is 9.01. The van der Waals surface area contributed by atoms with E-state index in [0.29, 0.717) is 6.54 Å². The predicted molar refractivity (Wildman–Crippen MR) is 69.4 cm³/mol. The molecule has 0 saturated heterocycles. The molecule has 2 N–H and O–H groups in total. The van der Waals surface area contributed by atoms with Gasteiger partial charge in [0.15, 0.2) is 0 Å². The van der Waals surface area contributed by atoms with Crippen molar-refractivity contribution < 1.29 is 23.8 Å². The van der Waals surface area contributed by atoms with Crippen LogP contribution in [-0.4, -0.2) is 47.2 Å². The monoisotopic (exact) mass is 291 g/mol. The lowest BCUT2D eigenvalue weighted by Crippen LogP contribution is -2.30. The third kappa shape index (κ3) is 6.42. The summed E-state index contributed by atoms with van der Waals surface area (Å²) < 4.78 is 24.7. The summed E-state index contributed by atoms with van der Waals surface area (Å²) in [6.45, 7) is -0.0678. The minimum absolute atomic E-state index is 0.177. The van der Waals surface area contributed by atoms with Crippen molar-refractivity contribution in [2.24, 2.45) is 0 Å². The van der Waals surface area contributed by atoms with Crippen LogP contribution >= 0.6 is 11.3 Å². The molecule has 0 bridgehead atoms. The lowest BCUT2D eigenvalue weighted by Gasteiger charge is -2.19. The highest BCUT2D eigenvalue weighted by Crippen LogP contribution is 2.18. The topological polar surface area (TPSA) is 60.8 Å². The predicted octanol–water partition coefficient (Wildman–Crippen LogP) is 1.91. The highest BCUT2D eigenvalue weighted by Gasteiger charge is 2.12. The van der Waals surface area contributed by atoms with Gasteiger partial charge in [-0.2, -0.15) is 0 Å². The van der Waals surface area contributed by atoms with Gasteiger partial charge in [-0.15, -0.1) is 11.3 Å². The number of halogens is 2. The van der Waals surface area contributed by atoms with E-state index in [1.54, 1.807) is 11.4 Å². The van der Waals surface area contributed by atoms with Gasteiger partial charge in [-0.05, 0) is 23.1 Å². The number of hydrogen-bond donors (Lipinski definition) is 2. The Hall–Kier alpha value is -1.31. The smallest absolute Gasteiger partial charge is 0.328 e. The Labute approximate surface area is 113 Å². The van der Waals surface area contributed by atoms with Crippen molar-refractivity contribution in [1.82, 2.24) is 4.90 Å². The molecule has 1 heterocycles. The maximum Gasteiger partial charge on any atom is 0.328 e. The summed E-state index contributed by atoms with van der Waals surface area (Å²) >= 11 is 1.37. The highest BCUT2D eigenvalue weighted by atomic mass is 32.1. The standard InChI is InChI=1S/C12H15F2NO3S/c13-11(14)7-15(3-4-16)6-10-5-9(8-19-10)1-2-12(17)18/h1-2,5,8,11,16H,3-4,6-7H2,(H,17,18)/b2-1+. The first-order valence-electron chi connectivity index (χ1n) is 5.61. The van der Waals surface area contributed by atoms with Crippen LogP contribution in [0.3, 0.4) is 0 Å². The molecule has 0 aliphatic carbocycles. The third-order valence-electron chi connectivity index (χ3n) is 2.28. The average Bonchev–Trinajstić information content (AvgIpc) is 2.73. The Morgan fingerprint density at radius 3 is 2.84 bits per heavy atom. The number of carboxylic acid groups (broad SMARTS) is 1. The summed E-state index contributed by atoms with van der Waals surface area (Å²) in [5.74, 6) is -1.03. The molecule has 0 unspecified atom stereocenters. The van der Waals surface area contributed by atoms with Gasteiger partial charge < -0.3 is 10.2 Å². The maximum absolute atomic E-state index is 12.3. The molecule has 0 saturated carbocycles. The van der Waals surface area contributed by atoms with Crippen LogP contribution < -0.4 is 0 Å². The van der Waals surface area contributed by atoms with Crippen LogP contribution in [0.1, 0.15) is 10.4 Å². The summed E-state index contributed by atoms with van der Waals surface area (Å²) in [7, 11) is 0. The maximum atomic E-state index is 12.3. The normalized spacial score (nSPS) is 11.8. The lowest BCUT2D eigenvalue weighted by molar-refractivity contribution is -0.131. The van der Waals surface area contributed by atoms with Crippen molar-refractivity contribution in [3.8, 4) is 0 Å². The van der Waals surface area contributed by atoms with Gasteiger partial charge >= 0.3 is 5.97 Å². The molecule has 0 aromatic carbocycles. The molecule has 1 aromatic rings. The van der Waals surface area contributed by atoms with Crippen LogP contribution in [0.15, 0.2) is 17.5 Å². The van der Waals surface area contributed by atoms with Crippen molar-refractivity contribution in [3.05, 3.63) is 28.0 Å². The number of carbonyl (C=O) groups is 1.